The second kappa shape index (κ2) is 8.69. The molecule has 2 aromatic heterocycles. The van der Waals surface area contributed by atoms with Crippen molar-refractivity contribution in [1.82, 2.24) is 19.6 Å². The van der Waals surface area contributed by atoms with Crippen molar-refractivity contribution in [2.24, 2.45) is 10.7 Å². The van der Waals surface area contributed by atoms with Crippen molar-refractivity contribution in [1.29, 1.82) is 0 Å². The molecule has 7 heteroatoms. The first kappa shape index (κ1) is 20.1. The van der Waals surface area contributed by atoms with Gasteiger partial charge in [-0.15, -0.1) is 0 Å². The highest BCUT2D eigenvalue weighted by atomic mass is 16.5. The van der Waals surface area contributed by atoms with Crippen LogP contribution in [0.2, 0.25) is 0 Å². The Kier molecular flexibility index (Phi) is 5.83. The van der Waals surface area contributed by atoms with E-state index in [9.17, 15) is 0 Å². The maximum atomic E-state index is 5.49. The van der Waals surface area contributed by atoms with Gasteiger partial charge in [0, 0.05) is 12.2 Å². The fourth-order valence-corrected chi connectivity index (χ4v) is 3.88. The van der Waals surface area contributed by atoms with Crippen LogP contribution in [0.3, 0.4) is 0 Å². The van der Waals surface area contributed by atoms with Crippen LogP contribution in [-0.2, 0) is 0 Å². The Bertz CT molecular complexity index is 1060. The van der Waals surface area contributed by atoms with Crippen LogP contribution in [0.4, 0.5) is 5.69 Å². The molecule has 3 N–H and O–H groups in total. The van der Waals surface area contributed by atoms with Gasteiger partial charge in [-0.2, -0.15) is 0 Å². The van der Waals surface area contributed by atoms with Crippen LogP contribution in [0.1, 0.15) is 18.5 Å². The number of benzene rings is 1. The van der Waals surface area contributed by atoms with Crippen molar-refractivity contribution < 1.29 is 4.74 Å². The maximum absolute atomic E-state index is 5.49. The molecule has 0 spiro atoms. The van der Waals surface area contributed by atoms with Gasteiger partial charge in [-0.1, -0.05) is 12.6 Å². The number of hydrogen-bond donors (Lipinski definition) is 2. The zero-order valence-electron chi connectivity index (χ0n) is 17.3. The standard InChI is InChI=1S/C23H28N6O/c1-16(27-19-8-10-28(3)11-9-19)21-13-26-23-7-5-18(14-29(21)23)17-4-6-22(30-15-24)20(12-17)25-2/h4-7,12-14,19,27H,1-2,8-11,15,24H2,3H3. The predicted molar refractivity (Wildman–Crippen MR) is 122 cm³/mol. The molecule has 0 radical (unpaired) electrons. The lowest BCUT2D eigenvalue weighted by Gasteiger charge is -2.30. The molecule has 1 saturated heterocycles. The van der Waals surface area contributed by atoms with E-state index in [-0.39, 0.29) is 6.73 Å². The second-order valence-corrected chi connectivity index (χ2v) is 7.64. The number of aliphatic imine (C=N–C) groups is 1. The van der Waals surface area contributed by atoms with Gasteiger partial charge in [0.05, 0.1) is 17.6 Å². The molecule has 30 heavy (non-hydrogen) atoms. The van der Waals surface area contributed by atoms with Gasteiger partial charge >= 0.3 is 0 Å². The molecule has 1 aliphatic rings. The molecule has 7 nitrogen and oxygen atoms in total. The summed E-state index contributed by atoms with van der Waals surface area (Å²) in [5.74, 6) is 0.622. The van der Waals surface area contributed by atoms with E-state index in [1.807, 2.05) is 36.5 Å². The largest absolute Gasteiger partial charge is 0.476 e. The second-order valence-electron chi connectivity index (χ2n) is 7.64. The van der Waals surface area contributed by atoms with Crippen molar-refractivity contribution in [3.63, 3.8) is 0 Å². The number of nitrogens with one attached hydrogen (secondary N) is 1. The Hall–Kier alpha value is -3.16. The van der Waals surface area contributed by atoms with E-state index >= 15 is 0 Å². The third kappa shape index (κ3) is 4.08. The summed E-state index contributed by atoms with van der Waals surface area (Å²) in [6, 6.07) is 10.3. The average molecular weight is 405 g/mol. The number of pyridine rings is 1. The number of nitrogens with zero attached hydrogens (tertiary/aromatic N) is 4. The molecule has 4 rings (SSSR count). The van der Waals surface area contributed by atoms with E-state index < -0.39 is 0 Å². The number of ether oxygens (including phenoxy) is 1. The lowest BCUT2D eigenvalue weighted by molar-refractivity contribution is 0.245. The number of aromatic nitrogens is 2. The fraction of sp³-hybridized carbons (Fsp3) is 0.304. The molecule has 0 amide bonds. The van der Waals surface area contributed by atoms with Crippen molar-refractivity contribution >= 4 is 23.7 Å². The van der Waals surface area contributed by atoms with Crippen LogP contribution >= 0.6 is 0 Å². The molecule has 0 aliphatic carbocycles. The zero-order chi connectivity index (χ0) is 21.1. The third-order valence-electron chi connectivity index (χ3n) is 5.61. The van der Waals surface area contributed by atoms with Gasteiger partial charge in [-0.05, 0) is 75.1 Å². The quantitative estimate of drug-likeness (QED) is 0.467. The number of hydrogen-bond acceptors (Lipinski definition) is 6. The van der Waals surface area contributed by atoms with Gasteiger partial charge in [-0.3, -0.25) is 15.1 Å². The van der Waals surface area contributed by atoms with Crippen LogP contribution in [0, 0.1) is 0 Å². The average Bonchev–Trinajstić information content (AvgIpc) is 3.19. The van der Waals surface area contributed by atoms with Crippen molar-refractivity contribution in [2.45, 2.75) is 18.9 Å². The van der Waals surface area contributed by atoms with Crippen molar-refractivity contribution in [2.75, 3.05) is 26.9 Å². The first-order chi connectivity index (χ1) is 14.6. The van der Waals surface area contributed by atoms with Crippen molar-refractivity contribution in [3.05, 3.63) is 55.0 Å². The van der Waals surface area contributed by atoms with Crippen molar-refractivity contribution in [3.8, 4) is 16.9 Å². The zero-order valence-corrected chi connectivity index (χ0v) is 17.3. The van der Waals surface area contributed by atoms with E-state index in [2.05, 4.69) is 51.1 Å². The molecular formula is C23H28N6O. The monoisotopic (exact) mass is 404 g/mol. The van der Waals surface area contributed by atoms with E-state index in [1.54, 1.807) is 0 Å². The number of likely N-dealkylation sites (tertiary alicyclic amines) is 1. The maximum Gasteiger partial charge on any atom is 0.146 e. The van der Waals surface area contributed by atoms with Gasteiger partial charge in [-0.25, -0.2) is 4.98 Å². The summed E-state index contributed by atoms with van der Waals surface area (Å²) in [4.78, 5) is 11.0. The molecular weight excluding hydrogens is 376 g/mol. The van der Waals surface area contributed by atoms with Crippen LogP contribution in [-0.4, -0.2) is 53.9 Å². The molecule has 3 heterocycles. The summed E-state index contributed by atoms with van der Waals surface area (Å²) in [6.07, 6.45) is 6.18. The molecule has 0 atom stereocenters. The number of nitrogens with two attached hydrogens (primary N) is 1. The summed E-state index contributed by atoms with van der Waals surface area (Å²) in [5, 5.41) is 3.60. The molecule has 156 valence electrons. The third-order valence-corrected chi connectivity index (χ3v) is 5.61. The van der Waals surface area contributed by atoms with E-state index in [0.29, 0.717) is 17.5 Å². The smallest absolute Gasteiger partial charge is 0.146 e. The Balaban J connectivity index is 1.61. The van der Waals surface area contributed by atoms with Gasteiger partial charge in [0.15, 0.2) is 0 Å². The predicted octanol–water partition coefficient (Wildman–Crippen LogP) is 3.28. The summed E-state index contributed by atoms with van der Waals surface area (Å²) >= 11 is 0. The van der Waals surface area contributed by atoms with Crippen LogP contribution in [0.25, 0.3) is 22.5 Å². The van der Waals surface area contributed by atoms with Gasteiger partial charge < -0.3 is 15.0 Å². The molecule has 1 aliphatic heterocycles. The summed E-state index contributed by atoms with van der Waals surface area (Å²) in [5.41, 5.74) is 11.0. The lowest BCUT2D eigenvalue weighted by atomic mass is 10.1. The summed E-state index contributed by atoms with van der Waals surface area (Å²) < 4.78 is 7.49. The molecule has 0 unspecified atom stereocenters. The van der Waals surface area contributed by atoms with E-state index in [4.69, 9.17) is 10.5 Å². The Morgan fingerprint density at radius 3 is 2.77 bits per heavy atom. The Morgan fingerprint density at radius 1 is 1.27 bits per heavy atom. The normalized spacial score (nSPS) is 15.3. The van der Waals surface area contributed by atoms with Gasteiger partial charge in [0.25, 0.3) is 0 Å². The number of fused-ring (bicyclic) bond motifs is 1. The SMILES string of the molecule is C=Nc1cc(-c2ccc3ncc(C(=C)NC4CCN(C)CC4)n3c2)ccc1OCN. The summed E-state index contributed by atoms with van der Waals surface area (Å²) in [6.45, 7) is 10.2. The molecule has 0 saturated carbocycles. The van der Waals surface area contributed by atoms with Gasteiger partial charge in [0.2, 0.25) is 0 Å². The number of imidazole rings is 1. The topological polar surface area (TPSA) is 80.2 Å². The van der Waals surface area contributed by atoms with Crippen LogP contribution < -0.4 is 15.8 Å². The minimum absolute atomic E-state index is 0.0958. The highest BCUT2D eigenvalue weighted by molar-refractivity contribution is 5.73. The molecule has 0 bridgehead atoms. The first-order valence-corrected chi connectivity index (χ1v) is 10.1. The van der Waals surface area contributed by atoms with E-state index in [0.717, 1.165) is 54.1 Å². The summed E-state index contributed by atoms with van der Waals surface area (Å²) in [7, 11) is 2.17. The fourth-order valence-electron chi connectivity index (χ4n) is 3.88. The van der Waals surface area contributed by atoms with E-state index in [1.165, 1.54) is 0 Å². The van der Waals surface area contributed by atoms with Crippen LogP contribution in [0.5, 0.6) is 5.75 Å². The first-order valence-electron chi connectivity index (χ1n) is 10.1. The molecule has 1 fully saturated rings. The molecule has 1 aromatic carbocycles. The molecule has 3 aromatic rings. The Morgan fingerprint density at radius 2 is 2.03 bits per heavy atom. The number of rotatable bonds is 7. The Labute approximate surface area is 176 Å². The highest BCUT2D eigenvalue weighted by Gasteiger charge is 2.18. The minimum Gasteiger partial charge on any atom is -0.476 e. The minimum atomic E-state index is 0.0958. The van der Waals surface area contributed by atoms with Crippen LogP contribution in [0.15, 0.2) is 54.3 Å². The lowest BCUT2D eigenvalue weighted by Crippen LogP contribution is -2.40. The van der Waals surface area contributed by atoms with Gasteiger partial charge in [0.1, 0.15) is 23.8 Å². The highest BCUT2D eigenvalue weighted by Crippen LogP contribution is 2.33. The number of piperidine rings is 1.